The molecule has 0 spiro atoms. The minimum absolute atomic E-state index is 0.750. The zero-order valence-corrected chi connectivity index (χ0v) is 10.3. The highest BCUT2D eigenvalue weighted by atomic mass is 14.3. The van der Waals surface area contributed by atoms with Crippen LogP contribution in [0.2, 0.25) is 0 Å². The summed E-state index contributed by atoms with van der Waals surface area (Å²) in [4.78, 5) is 0. The van der Waals surface area contributed by atoms with E-state index >= 15 is 0 Å². The molecular formula is C17H18. The Bertz CT molecular complexity index is 515. The maximum absolute atomic E-state index is 2.35. The van der Waals surface area contributed by atoms with Gasteiger partial charge in [0, 0.05) is 0 Å². The second-order valence-electron chi connectivity index (χ2n) is 5.00. The van der Waals surface area contributed by atoms with Crippen LogP contribution in [0, 0.1) is 12.8 Å². The number of allylic oxidation sites excluding steroid dienone is 6. The first kappa shape index (κ1) is 10.6. The monoisotopic (exact) mass is 222 g/mol. The fourth-order valence-corrected chi connectivity index (χ4v) is 2.92. The molecule has 86 valence electrons. The Morgan fingerprint density at radius 3 is 2.82 bits per heavy atom. The standard InChI is InChI=1S/C17H18/c1-13-7-2-4-10-15(13)17-12-6-9-14-8-3-5-11-16(14)17/h2,4-7,10-12,14H,3,8-9H2,1H3. The quantitative estimate of drug-likeness (QED) is 0.647. The van der Waals surface area contributed by atoms with E-state index in [1.165, 1.54) is 36.0 Å². The molecule has 0 aliphatic heterocycles. The Kier molecular flexibility index (Phi) is 2.72. The van der Waals surface area contributed by atoms with Gasteiger partial charge in [0.05, 0.1) is 0 Å². The lowest BCUT2D eigenvalue weighted by Crippen LogP contribution is -2.10. The van der Waals surface area contributed by atoms with Crippen LogP contribution in [0.3, 0.4) is 0 Å². The molecule has 0 aromatic heterocycles. The number of fused-ring (bicyclic) bond motifs is 1. The molecule has 0 saturated heterocycles. The van der Waals surface area contributed by atoms with E-state index in [0.29, 0.717) is 0 Å². The Morgan fingerprint density at radius 2 is 1.94 bits per heavy atom. The third-order valence-electron chi connectivity index (χ3n) is 3.87. The van der Waals surface area contributed by atoms with Crippen molar-refractivity contribution < 1.29 is 0 Å². The van der Waals surface area contributed by atoms with Crippen LogP contribution in [0.15, 0.2) is 54.1 Å². The normalized spacial score (nSPS) is 22.8. The summed E-state index contributed by atoms with van der Waals surface area (Å²) in [5.74, 6) is 0.750. The number of aryl methyl sites for hydroxylation is 1. The van der Waals surface area contributed by atoms with Crippen LogP contribution >= 0.6 is 0 Å². The van der Waals surface area contributed by atoms with Gasteiger partial charge in [-0.05, 0) is 54.4 Å². The molecule has 0 heteroatoms. The topological polar surface area (TPSA) is 0 Å². The van der Waals surface area contributed by atoms with Crippen LogP contribution in [0.25, 0.3) is 5.57 Å². The van der Waals surface area contributed by atoms with Crippen LogP contribution < -0.4 is 0 Å². The van der Waals surface area contributed by atoms with Gasteiger partial charge in [0.15, 0.2) is 0 Å². The SMILES string of the molecule is Cc1ccccc1C1=C2C=CCCC2CC=C1. The summed E-state index contributed by atoms with van der Waals surface area (Å²) >= 11 is 0. The lowest BCUT2D eigenvalue weighted by atomic mass is 9.78. The summed E-state index contributed by atoms with van der Waals surface area (Å²) < 4.78 is 0. The summed E-state index contributed by atoms with van der Waals surface area (Å²) in [6.07, 6.45) is 13.1. The molecule has 3 rings (SSSR count). The van der Waals surface area contributed by atoms with Crippen molar-refractivity contribution in [3.63, 3.8) is 0 Å². The van der Waals surface area contributed by atoms with E-state index < -0.39 is 0 Å². The summed E-state index contributed by atoms with van der Waals surface area (Å²) in [5.41, 5.74) is 5.76. The molecule has 2 aliphatic carbocycles. The maximum Gasteiger partial charge on any atom is -0.0118 e. The van der Waals surface area contributed by atoms with Gasteiger partial charge in [-0.25, -0.2) is 0 Å². The van der Waals surface area contributed by atoms with Gasteiger partial charge in [-0.3, -0.25) is 0 Å². The largest absolute Gasteiger partial charge is 0.0842 e. The third-order valence-corrected chi connectivity index (χ3v) is 3.87. The molecule has 0 amide bonds. The minimum atomic E-state index is 0.750. The van der Waals surface area contributed by atoms with Crippen LogP contribution in [0.5, 0.6) is 0 Å². The first-order chi connectivity index (χ1) is 8.36. The maximum atomic E-state index is 2.35. The number of hydrogen-bond donors (Lipinski definition) is 0. The summed E-state index contributed by atoms with van der Waals surface area (Å²) in [6.45, 7) is 2.20. The van der Waals surface area contributed by atoms with Gasteiger partial charge in [0.25, 0.3) is 0 Å². The summed E-state index contributed by atoms with van der Waals surface area (Å²) in [7, 11) is 0. The molecule has 0 nitrogen and oxygen atoms in total. The number of hydrogen-bond acceptors (Lipinski definition) is 0. The van der Waals surface area contributed by atoms with Crippen molar-refractivity contribution in [3.8, 4) is 0 Å². The first-order valence-electron chi connectivity index (χ1n) is 6.49. The molecular weight excluding hydrogens is 204 g/mol. The summed E-state index contributed by atoms with van der Waals surface area (Å²) in [5, 5.41) is 0. The Balaban J connectivity index is 2.15. The van der Waals surface area contributed by atoms with Gasteiger partial charge < -0.3 is 0 Å². The Hall–Kier alpha value is -1.56. The molecule has 0 bridgehead atoms. The van der Waals surface area contributed by atoms with E-state index in [2.05, 4.69) is 55.5 Å². The zero-order valence-electron chi connectivity index (χ0n) is 10.3. The van der Waals surface area contributed by atoms with Crippen molar-refractivity contribution in [3.05, 3.63) is 65.3 Å². The minimum Gasteiger partial charge on any atom is -0.0842 e. The highest BCUT2D eigenvalue weighted by Gasteiger charge is 2.21. The second kappa shape index (κ2) is 4.37. The summed E-state index contributed by atoms with van der Waals surface area (Å²) in [6, 6.07) is 8.70. The predicted molar refractivity (Wildman–Crippen MR) is 73.7 cm³/mol. The Morgan fingerprint density at radius 1 is 1.06 bits per heavy atom. The van der Waals surface area contributed by atoms with E-state index in [1.807, 2.05) is 0 Å². The molecule has 1 aromatic carbocycles. The Labute approximate surface area is 103 Å². The molecule has 1 unspecified atom stereocenters. The van der Waals surface area contributed by atoms with Crippen molar-refractivity contribution in [1.82, 2.24) is 0 Å². The molecule has 0 fully saturated rings. The van der Waals surface area contributed by atoms with Crippen LogP contribution in [0.1, 0.15) is 30.4 Å². The van der Waals surface area contributed by atoms with Crippen LogP contribution in [-0.2, 0) is 0 Å². The molecule has 0 saturated carbocycles. The van der Waals surface area contributed by atoms with Gasteiger partial charge in [0.2, 0.25) is 0 Å². The van der Waals surface area contributed by atoms with Crippen molar-refractivity contribution in [1.29, 1.82) is 0 Å². The highest BCUT2D eigenvalue weighted by Crippen LogP contribution is 2.38. The second-order valence-corrected chi connectivity index (χ2v) is 5.00. The van der Waals surface area contributed by atoms with Gasteiger partial charge >= 0.3 is 0 Å². The highest BCUT2D eigenvalue weighted by molar-refractivity contribution is 5.81. The van der Waals surface area contributed by atoms with E-state index in [-0.39, 0.29) is 0 Å². The molecule has 0 radical (unpaired) electrons. The number of benzene rings is 1. The van der Waals surface area contributed by atoms with Crippen molar-refractivity contribution >= 4 is 5.57 Å². The van der Waals surface area contributed by atoms with Crippen LogP contribution in [0.4, 0.5) is 0 Å². The average Bonchev–Trinajstić information content (AvgIpc) is 2.39. The average molecular weight is 222 g/mol. The van der Waals surface area contributed by atoms with Crippen molar-refractivity contribution in [2.75, 3.05) is 0 Å². The molecule has 2 aliphatic rings. The van der Waals surface area contributed by atoms with Gasteiger partial charge in [-0.2, -0.15) is 0 Å². The van der Waals surface area contributed by atoms with E-state index in [4.69, 9.17) is 0 Å². The van der Waals surface area contributed by atoms with E-state index in [0.717, 1.165) is 5.92 Å². The molecule has 17 heavy (non-hydrogen) atoms. The fraction of sp³-hybridized carbons (Fsp3) is 0.294. The third kappa shape index (κ3) is 1.88. The number of rotatable bonds is 1. The van der Waals surface area contributed by atoms with Crippen molar-refractivity contribution in [2.45, 2.75) is 26.2 Å². The molecule has 1 atom stereocenters. The van der Waals surface area contributed by atoms with Gasteiger partial charge in [-0.1, -0.05) is 48.6 Å². The fourth-order valence-electron chi connectivity index (χ4n) is 2.92. The van der Waals surface area contributed by atoms with Gasteiger partial charge in [-0.15, -0.1) is 0 Å². The lowest BCUT2D eigenvalue weighted by Gasteiger charge is -2.26. The van der Waals surface area contributed by atoms with Crippen LogP contribution in [-0.4, -0.2) is 0 Å². The molecule has 0 heterocycles. The molecule has 0 N–H and O–H groups in total. The van der Waals surface area contributed by atoms with Crippen molar-refractivity contribution in [2.24, 2.45) is 5.92 Å². The van der Waals surface area contributed by atoms with Gasteiger partial charge in [0.1, 0.15) is 0 Å². The molecule has 1 aromatic rings. The van der Waals surface area contributed by atoms with E-state index in [9.17, 15) is 0 Å². The lowest BCUT2D eigenvalue weighted by molar-refractivity contribution is 0.568. The zero-order chi connectivity index (χ0) is 11.7. The first-order valence-corrected chi connectivity index (χ1v) is 6.49. The van der Waals surface area contributed by atoms with E-state index in [1.54, 1.807) is 5.57 Å². The smallest absolute Gasteiger partial charge is 0.0118 e. The predicted octanol–water partition coefficient (Wildman–Crippen LogP) is 4.67.